The molecule has 120 valence electrons. The van der Waals surface area contributed by atoms with Gasteiger partial charge in [-0.15, -0.1) is 0 Å². The number of aliphatic hydroxyl groups is 1. The monoisotopic (exact) mass is 309 g/mol. The predicted octanol–water partition coefficient (Wildman–Crippen LogP) is 4.75. The highest BCUT2D eigenvalue weighted by Crippen LogP contribution is 2.29. The minimum Gasteiger partial charge on any atom is -0.489 e. The van der Waals surface area contributed by atoms with Crippen molar-refractivity contribution in [2.45, 2.75) is 45.3 Å². The molecular weight excluding hydrogens is 286 g/mol. The largest absolute Gasteiger partial charge is 0.489 e. The number of para-hydroxylation sites is 1. The molecule has 0 saturated carbocycles. The van der Waals surface area contributed by atoms with Gasteiger partial charge in [0.2, 0.25) is 0 Å². The van der Waals surface area contributed by atoms with Crippen LogP contribution in [0.3, 0.4) is 0 Å². The lowest BCUT2D eigenvalue weighted by Gasteiger charge is -2.16. The van der Waals surface area contributed by atoms with Gasteiger partial charge in [0.1, 0.15) is 12.4 Å². The number of unbranched alkanes of at least 4 members (excludes halogenated alkanes) is 2. The summed E-state index contributed by atoms with van der Waals surface area (Å²) in [4.78, 5) is 0. The second kappa shape index (κ2) is 8.97. The molecule has 23 heavy (non-hydrogen) atoms. The summed E-state index contributed by atoms with van der Waals surface area (Å²) in [6.07, 6.45) is 3.53. The Labute approximate surface area is 138 Å². The molecule has 0 saturated heterocycles. The van der Waals surface area contributed by atoms with Crippen molar-refractivity contribution in [3.63, 3.8) is 0 Å². The van der Waals surface area contributed by atoms with Crippen molar-refractivity contribution in [3.05, 3.63) is 65.2 Å². The lowest BCUT2D eigenvalue weighted by atomic mass is 10.0. The minimum absolute atomic E-state index is 0.383. The van der Waals surface area contributed by atoms with Gasteiger partial charge in [0.15, 0.2) is 0 Å². The molecule has 0 aromatic heterocycles. The Kier molecular flexibility index (Phi) is 6.65. The Balaban J connectivity index is 2.03. The third kappa shape index (κ3) is 5.12. The Morgan fingerprint density at radius 2 is 1.96 bits per heavy atom. The van der Waals surface area contributed by atoms with E-state index < -0.39 is 6.10 Å². The summed E-state index contributed by atoms with van der Waals surface area (Å²) in [5.41, 5.74) is 2.40. The number of aliphatic hydroxyl groups excluding tert-OH is 1. The van der Waals surface area contributed by atoms with Gasteiger partial charge in [-0.1, -0.05) is 56.5 Å². The molecule has 1 unspecified atom stereocenters. The molecular formula is C20H23NO2. The number of benzene rings is 2. The quantitative estimate of drug-likeness (QED) is 0.716. The fourth-order valence-corrected chi connectivity index (χ4v) is 2.52. The first-order chi connectivity index (χ1) is 11.2. The second-order valence-electron chi connectivity index (χ2n) is 5.65. The van der Waals surface area contributed by atoms with E-state index in [2.05, 4.69) is 13.0 Å². The molecule has 0 spiro atoms. The lowest BCUT2D eigenvalue weighted by Crippen LogP contribution is -2.03. The maximum Gasteiger partial charge on any atom is 0.125 e. The fourth-order valence-electron chi connectivity index (χ4n) is 2.52. The average Bonchev–Trinajstić information content (AvgIpc) is 2.60. The van der Waals surface area contributed by atoms with Crippen molar-refractivity contribution in [2.75, 3.05) is 0 Å². The van der Waals surface area contributed by atoms with E-state index in [1.54, 1.807) is 6.07 Å². The van der Waals surface area contributed by atoms with Crippen LogP contribution in [0.25, 0.3) is 0 Å². The highest BCUT2D eigenvalue weighted by Gasteiger charge is 2.13. The smallest absolute Gasteiger partial charge is 0.125 e. The van der Waals surface area contributed by atoms with E-state index in [4.69, 9.17) is 10.00 Å². The van der Waals surface area contributed by atoms with Gasteiger partial charge in [0.05, 0.1) is 17.7 Å². The summed E-state index contributed by atoms with van der Waals surface area (Å²) in [5.74, 6) is 0.707. The van der Waals surface area contributed by atoms with Crippen LogP contribution in [0.15, 0.2) is 48.5 Å². The molecule has 0 bridgehead atoms. The summed E-state index contributed by atoms with van der Waals surface area (Å²) in [7, 11) is 0. The lowest BCUT2D eigenvalue weighted by molar-refractivity contribution is 0.157. The molecule has 0 heterocycles. The Morgan fingerprint density at radius 3 is 2.74 bits per heavy atom. The first-order valence-corrected chi connectivity index (χ1v) is 8.13. The average molecular weight is 309 g/mol. The van der Waals surface area contributed by atoms with E-state index in [1.165, 1.54) is 0 Å². The third-order valence-electron chi connectivity index (χ3n) is 3.81. The van der Waals surface area contributed by atoms with Gasteiger partial charge in [-0.3, -0.25) is 0 Å². The molecule has 0 amide bonds. The Hall–Kier alpha value is -2.31. The molecule has 0 aliphatic carbocycles. The van der Waals surface area contributed by atoms with Gasteiger partial charge in [-0.2, -0.15) is 5.26 Å². The molecule has 2 aromatic carbocycles. The van der Waals surface area contributed by atoms with E-state index in [9.17, 15) is 5.11 Å². The van der Waals surface area contributed by atoms with Crippen molar-refractivity contribution in [1.82, 2.24) is 0 Å². The fraction of sp³-hybridized carbons (Fsp3) is 0.350. The summed E-state index contributed by atoms with van der Waals surface area (Å²) in [6.45, 7) is 2.53. The maximum atomic E-state index is 10.4. The SMILES string of the molecule is CCCCCC(O)c1ccccc1OCc1cccc(C#N)c1. The highest BCUT2D eigenvalue weighted by atomic mass is 16.5. The predicted molar refractivity (Wildman–Crippen MR) is 91.0 cm³/mol. The molecule has 1 atom stereocenters. The topological polar surface area (TPSA) is 53.2 Å². The number of hydrogen-bond acceptors (Lipinski definition) is 3. The van der Waals surface area contributed by atoms with Gasteiger partial charge < -0.3 is 9.84 Å². The van der Waals surface area contributed by atoms with Gasteiger partial charge in [-0.25, -0.2) is 0 Å². The highest BCUT2D eigenvalue weighted by molar-refractivity contribution is 5.36. The van der Waals surface area contributed by atoms with Crippen LogP contribution in [0.2, 0.25) is 0 Å². The zero-order valence-electron chi connectivity index (χ0n) is 13.5. The van der Waals surface area contributed by atoms with Crippen molar-refractivity contribution >= 4 is 0 Å². The van der Waals surface area contributed by atoms with E-state index in [0.717, 1.165) is 36.8 Å². The normalized spacial score (nSPS) is 11.7. The molecule has 0 aliphatic rings. The van der Waals surface area contributed by atoms with Crippen LogP contribution in [0.5, 0.6) is 5.75 Å². The third-order valence-corrected chi connectivity index (χ3v) is 3.81. The van der Waals surface area contributed by atoms with Crippen LogP contribution in [0, 0.1) is 11.3 Å². The zero-order valence-corrected chi connectivity index (χ0v) is 13.5. The van der Waals surface area contributed by atoms with Crippen LogP contribution in [0.4, 0.5) is 0 Å². The first kappa shape index (κ1) is 17.1. The van der Waals surface area contributed by atoms with Crippen LogP contribution in [-0.2, 0) is 6.61 Å². The van der Waals surface area contributed by atoms with Crippen molar-refractivity contribution < 1.29 is 9.84 Å². The number of rotatable bonds is 8. The summed E-state index contributed by atoms with van der Waals surface area (Å²) >= 11 is 0. The van der Waals surface area contributed by atoms with Crippen molar-refractivity contribution in [1.29, 1.82) is 5.26 Å². The molecule has 2 rings (SSSR count). The van der Waals surface area contributed by atoms with E-state index in [1.807, 2.05) is 42.5 Å². The van der Waals surface area contributed by atoms with Crippen molar-refractivity contribution in [3.8, 4) is 11.8 Å². The number of hydrogen-bond donors (Lipinski definition) is 1. The van der Waals surface area contributed by atoms with Gasteiger partial charge in [-0.05, 0) is 30.2 Å². The standard InChI is InChI=1S/C20H23NO2/c1-2-3-4-11-19(22)18-10-5-6-12-20(18)23-15-17-9-7-8-16(13-17)14-21/h5-10,12-13,19,22H,2-4,11,15H2,1H3. The van der Waals surface area contributed by atoms with Crippen molar-refractivity contribution in [2.24, 2.45) is 0 Å². The van der Waals surface area contributed by atoms with E-state index in [0.29, 0.717) is 17.9 Å². The van der Waals surface area contributed by atoms with Crippen LogP contribution >= 0.6 is 0 Å². The van der Waals surface area contributed by atoms with Gasteiger partial charge in [0.25, 0.3) is 0 Å². The molecule has 0 aliphatic heterocycles. The molecule has 2 aromatic rings. The molecule has 3 nitrogen and oxygen atoms in total. The Bertz CT molecular complexity index is 661. The summed E-state index contributed by atoms with van der Waals surface area (Å²) in [5, 5.41) is 19.3. The molecule has 0 radical (unpaired) electrons. The maximum absolute atomic E-state index is 10.4. The van der Waals surface area contributed by atoms with Crippen LogP contribution in [-0.4, -0.2) is 5.11 Å². The first-order valence-electron chi connectivity index (χ1n) is 8.13. The number of ether oxygens (including phenoxy) is 1. The molecule has 3 heteroatoms. The minimum atomic E-state index is -0.497. The van der Waals surface area contributed by atoms with E-state index in [-0.39, 0.29) is 0 Å². The second-order valence-corrected chi connectivity index (χ2v) is 5.65. The van der Waals surface area contributed by atoms with Gasteiger partial charge >= 0.3 is 0 Å². The summed E-state index contributed by atoms with van der Waals surface area (Å²) < 4.78 is 5.88. The van der Waals surface area contributed by atoms with Crippen LogP contribution in [0.1, 0.15) is 55.4 Å². The number of nitrogens with zero attached hydrogens (tertiary/aromatic N) is 1. The summed E-state index contributed by atoms with van der Waals surface area (Å²) in [6, 6.07) is 17.1. The van der Waals surface area contributed by atoms with Crippen LogP contribution < -0.4 is 4.74 Å². The Morgan fingerprint density at radius 1 is 1.13 bits per heavy atom. The number of nitriles is 1. The van der Waals surface area contributed by atoms with E-state index >= 15 is 0 Å². The van der Waals surface area contributed by atoms with Gasteiger partial charge in [0, 0.05) is 5.56 Å². The molecule has 0 fully saturated rings. The molecule has 1 N–H and O–H groups in total. The zero-order chi connectivity index (χ0) is 16.5.